The van der Waals surface area contributed by atoms with Gasteiger partial charge in [0.2, 0.25) is 0 Å². The van der Waals surface area contributed by atoms with Crippen LogP contribution in [0, 0.1) is 0 Å². The molecule has 1 heterocycles. The Morgan fingerprint density at radius 1 is 1.16 bits per heavy atom. The van der Waals surface area contributed by atoms with E-state index in [9.17, 15) is 0 Å². The topological polar surface area (TPSA) is 24.9 Å². The van der Waals surface area contributed by atoms with Crippen LogP contribution in [0.3, 0.4) is 0 Å². The molecule has 2 aromatic rings. The maximum Gasteiger partial charge on any atom is 0.0589 e. The normalized spacial score (nSPS) is 12.4. The van der Waals surface area contributed by atoms with Crippen LogP contribution in [0.1, 0.15) is 30.5 Å². The zero-order valence-electron chi connectivity index (χ0n) is 10.7. The van der Waals surface area contributed by atoms with Crippen LogP contribution >= 0.6 is 31.9 Å². The maximum absolute atomic E-state index is 4.09. The number of halogens is 2. The van der Waals surface area contributed by atoms with E-state index in [2.05, 4.69) is 73.3 Å². The molecule has 1 N–H and O–H groups in total. The number of hydrogen-bond donors (Lipinski definition) is 1. The Kier molecular flexibility index (Phi) is 5.55. The summed E-state index contributed by atoms with van der Waals surface area (Å²) >= 11 is 7.19. The first kappa shape index (κ1) is 14.7. The predicted molar refractivity (Wildman–Crippen MR) is 86.2 cm³/mol. The van der Waals surface area contributed by atoms with Crippen molar-refractivity contribution in [2.24, 2.45) is 0 Å². The fourth-order valence-corrected chi connectivity index (χ4v) is 2.84. The van der Waals surface area contributed by atoms with Gasteiger partial charge in [-0.25, -0.2) is 0 Å². The third kappa shape index (κ3) is 3.88. The van der Waals surface area contributed by atoms with E-state index in [1.54, 1.807) is 0 Å². The van der Waals surface area contributed by atoms with E-state index in [0.717, 1.165) is 21.9 Å². The molecule has 0 spiro atoms. The van der Waals surface area contributed by atoms with Gasteiger partial charge in [-0.05, 0) is 54.4 Å². The average Bonchev–Trinajstić information content (AvgIpc) is 2.44. The Morgan fingerprint density at radius 2 is 1.89 bits per heavy atom. The Morgan fingerprint density at radius 3 is 2.58 bits per heavy atom. The summed E-state index contributed by atoms with van der Waals surface area (Å²) in [6.45, 7) is 3.15. The summed E-state index contributed by atoms with van der Waals surface area (Å²) in [6, 6.07) is 10.5. The molecule has 0 aliphatic rings. The molecule has 0 fully saturated rings. The molecule has 19 heavy (non-hydrogen) atoms. The van der Waals surface area contributed by atoms with E-state index in [1.165, 1.54) is 11.1 Å². The number of rotatable bonds is 5. The summed E-state index contributed by atoms with van der Waals surface area (Å²) in [5.41, 5.74) is 2.45. The van der Waals surface area contributed by atoms with Gasteiger partial charge in [-0.3, -0.25) is 4.98 Å². The van der Waals surface area contributed by atoms with Crippen molar-refractivity contribution in [1.82, 2.24) is 10.3 Å². The zero-order chi connectivity index (χ0) is 13.7. The van der Waals surface area contributed by atoms with Crippen LogP contribution < -0.4 is 5.32 Å². The molecule has 0 aliphatic heterocycles. The zero-order valence-corrected chi connectivity index (χ0v) is 13.9. The molecule has 0 saturated carbocycles. The number of aromatic nitrogens is 1. The molecule has 2 nitrogen and oxygen atoms in total. The lowest BCUT2D eigenvalue weighted by Gasteiger charge is -2.21. The molecule has 0 saturated heterocycles. The van der Waals surface area contributed by atoms with E-state index >= 15 is 0 Å². The van der Waals surface area contributed by atoms with E-state index < -0.39 is 0 Å². The highest BCUT2D eigenvalue weighted by Crippen LogP contribution is 2.30. The van der Waals surface area contributed by atoms with Crippen LogP contribution in [0.15, 0.2) is 51.7 Å². The first-order valence-corrected chi connectivity index (χ1v) is 7.89. The maximum atomic E-state index is 4.09. The summed E-state index contributed by atoms with van der Waals surface area (Å²) in [7, 11) is 0. The SMILES string of the molecule is CCCNC(c1ccncc1)c1cc(Br)ccc1Br. The van der Waals surface area contributed by atoms with Gasteiger partial charge in [0.05, 0.1) is 6.04 Å². The van der Waals surface area contributed by atoms with Crippen molar-refractivity contribution >= 4 is 31.9 Å². The van der Waals surface area contributed by atoms with Crippen LogP contribution in [0.5, 0.6) is 0 Å². The fraction of sp³-hybridized carbons (Fsp3) is 0.267. The summed E-state index contributed by atoms with van der Waals surface area (Å²) in [6.07, 6.45) is 4.77. The van der Waals surface area contributed by atoms with Gasteiger partial charge in [-0.15, -0.1) is 0 Å². The molecule has 0 aliphatic carbocycles. The fourth-order valence-electron chi connectivity index (χ4n) is 1.99. The average molecular weight is 384 g/mol. The second-order valence-corrected chi connectivity index (χ2v) is 6.10. The Labute approximate surface area is 130 Å². The van der Waals surface area contributed by atoms with E-state index in [4.69, 9.17) is 0 Å². The van der Waals surface area contributed by atoms with Gasteiger partial charge < -0.3 is 5.32 Å². The predicted octanol–water partition coefficient (Wildman–Crippen LogP) is 4.70. The molecular formula is C15H16Br2N2. The van der Waals surface area contributed by atoms with Crippen LogP contribution in [-0.4, -0.2) is 11.5 Å². The van der Waals surface area contributed by atoms with Gasteiger partial charge in [0.15, 0.2) is 0 Å². The molecule has 0 radical (unpaired) electrons. The first-order chi connectivity index (χ1) is 9.22. The van der Waals surface area contributed by atoms with Crippen molar-refractivity contribution in [1.29, 1.82) is 0 Å². The lowest BCUT2D eigenvalue weighted by Crippen LogP contribution is -2.23. The smallest absolute Gasteiger partial charge is 0.0589 e. The van der Waals surface area contributed by atoms with Crippen molar-refractivity contribution < 1.29 is 0 Å². The highest BCUT2D eigenvalue weighted by molar-refractivity contribution is 9.11. The molecule has 4 heteroatoms. The summed E-state index contributed by atoms with van der Waals surface area (Å²) in [4.78, 5) is 4.09. The minimum Gasteiger partial charge on any atom is -0.306 e. The quantitative estimate of drug-likeness (QED) is 0.809. The Hall–Kier alpha value is -0.710. The second kappa shape index (κ2) is 7.17. The summed E-state index contributed by atoms with van der Waals surface area (Å²) in [5.74, 6) is 0. The molecular weight excluding hydrogens is 368 g/mol. The highest BCUT2D eigenvalue weighted by Gasteiger charge is 2.16. The van der Waals surface area contributed by atoms with Gasteiger partial charge in [0.1, 0.15) is 0 Å². The van der Waals surface area contributed by atoms with Crippen molar-refractivity contribution in [3.8, 4) is 0 Å². The molecule has 100 valence electrons. The Bertz CT molecular complexity index is 529. The standard InChI is InChI=1S/C15H16Br2N2/c1-2-7-19-15(11-5-8-18-9-6-11)13-10-12(16)3-4-14(13)17/h3-6,8-10,15,19H,2,7H2,1H3. The third-order valence-electron chi connectivity index (χ3n) is 2.91. The molecule has 0 amide bonds. The van der Waals surface area contributed by atoms with Crippen LogP contribution in [0.2, 0.25) is 0 Å². The van der Waals surface area contributed by atoms with E-state index in [-0.39, 0.29) is 6.04 Å². The van der Waals surface area contributed by atoms with Gasteiger partial charge in [0, 0.05) is 21.3 Å². The van der Waals surface area contributed by atoms with Crippen molar-refractivity contribution in [3.05, 3.63) is 62.8 Å². The van der Waals surface area contributed by atoms with Gasteiger partial charge in [-0.1, -0.05) is 38.8 Å². The minimum absolute atomic E-state index is 0.176. The highest BCUT2D eigenvalue weighted by atomic mass is 79.9. The molecule has 0 bridgehead atoms. The van der Waals surface area contributed by atoms with Crippen LogP contribution in [0.25, 0.3) is 0 Å². The molecule has 2 rings (SSSR count). The molecule has 1 atom stereocenters. The van der Waals surface area contributed by atoms with Crippen LogP contribution in [0.4, 0.5) is 0 Å². The summed E-state index contributed by atoms with van der Waals surface area (Å²) in [5, 5.41) is 3.59. The van der Waals surface area contributed by atoms with Crippen molar-refractivity contribution in [2.45, 2.75) is 19.4 Å². The number of nitrogens with zero attached hydrogens (tertiary/aromatic N) is 1. The minimum atomic E-state index is 0.176. The number of benzene rings is 1. The number of nitrogens with one attached hydrogen (secondary N) is 1. The number of pyridine rings is 1. The first-order valence-electron chi connectivity index (χ1n) is 6.30. The largest absolute Gasteiger partial charge is 0.306 e. The lowest BCUT2D eigenvalue weighted by molar-refractivity contribution is 0.596. The monoisotopic (exact) mass is 382 g/mol. The number of hydrogen-bond acceptors (Lipinski definition) is 2. The molecule has 1 aromatic carbocycles. The second-order valence-electron chi connectivity index (χ2n) is 4.33. The van der Waals surface area contributed by atoms with Crippen molar-refractivity contribution in [3.63, 3.8) is 0 Å². The van der Waals surface area contributed by atoms with Crippen LogP contribution in [-0.2, 0) is 0 Å². The Balaban J connectivity index is 2.40. The summed E-state index contributed by atoms with van der Waals surface area (Å²) < 4.78 is 2.20. The van der Waals surface area contributed by atoms with E-state index in [0.29, 0.717) is 0 Å². The van der Waals surface area contributed by atoms with Crippen molar-refractivity contribution in [2.75, 3.05) is 6.54 Å². The molecule has 1 aromatic heterocycles. The van der Waals surface area contributed by atoms with Gasteiger partial charge in [0.25, 0.3) is 0 Å². The van der Waals surface area contributed by atoms with Gasteiger partial charge in [-0.2, -0.15) is 0 Å². The third-order valence-corrected chi connectivity index (χ3v) is 4.12. The lowest BCUT2D eigenvalue weighted by atomic mass is 9.99. The van der Waals surface area contributed by atoms with Gasteiger partial charge >= 0.3 is 0 Å². The molecule has 1 unspecified atom stereocenters. The van der Waals surface area contributed by atoms with E-state index in [1.807, 2.05) is 18.5 Å².